The minimum atomic E-state index is -4.51. The highest BCUT2D eigenvalue weighted by atomic mass is 19.4. The third-order valence-corrected chi connectivity index (χ3v) is 3.25. The number of rotatable bonds is 5. The van der Waals surface area contributed by atoms with Crippen molar-refractivity contribution >= 4 is 5.84 Å². The number of hydrogen-bond donors (Lipinski definition) is 2. The quantitative estimate of drug-likeness (QED) is 0.346. The SMILES string of the molecule is CCOC1CCN(CC(C(N)=NO)C(F)(F)F)CC1. The fourth-order valence-corrected chi connectivity index (χ4v) is 2.19. The zero-order valence-corrected chi connectivity index (χ0v) is 10.9. The molecule has 0 saturated carbocycles. The van der Waals surface area contributed by atoms with E-state index in [-0.39, 0.29) is 12.6 Å². The number of amidine groups is 1. The minimum absolute atomic E-state index is 0.120. The highest BCUT2D eigenvalue weighted by Gasteiger charge is 2.44. The lowest BCUT2D eigenvalue weighted by Crippen LogP contribution is -2.47. The Kier molecular flexibility index (Phi) is 5.86. The smallest absolute Gasteiger partial charge is 0.400 e. The average Bonchev–Trinajstić information content (AvgIpc) is 2.36. The molecule has 0 bridgehead atoms. The number of oxime groups is 1. The largest absolute Gasteiger partial charge is 0.409 e. The molecule has 0 aromatic carbocycles. The summed E-state index contributed by atoms with van der Waals surface area (Å²) in [6.45, 7) is 3.27. The molecule has 1 rings (SSSR count). The maximum Gasteiger partial charge on any atom is 0.400 e. The molecule has 1 saturated heterocycles. The minimum Gasteiger partial charge on any atom is -0.409 e. The van der Waals surface area contributed by atoms with Gasteiger partial charge in [0.05, 0.1) is 6.10 Å². The van der Waals surface area contributed by atoms with E-state index in [4.69, 9.17) is 15.7 Å². The van der Waals surface area contributed by atoms with E-state index >= 15 is 0 Å². The Morgan fingerprint density at radius 3 is 2.47 bits per heavy atom. The summed E-state index contributed by atoms with van der Waals surface area (Å²) in [6.07, 6.45) is -2.98. The van der Waals surface area contributed by atoms with Crippen LogP contribution in [0.15, 0.2) is 5.16 Å². The van der Waals surface area contributed by atoms with E-state index in [2.05, 4.69) is 5.16 Å². The Bertz CT molecular complexity index is 302. The van der Waals surface area contributed by atoms with E-state index in [1.54, 1.807) is 4.90 Å². The van der Waals surface area contributed by atoms with Gasteiger partial charge in [0.1, 0.15) is 5.92 Å². The maximum absolute atomic E-state index is 12.8. The van der Waals surface area contributed by atoms with Crippen molar-refractivity contribution < 1.29 is 23.1 Å². The Labute approximate surface area is 110 Å². The number of hydrogen-bond acceptors (Lipinski definition) is 4. The molecule has 1 unspecified atom stereocenters. The normalized spacial score (nSPS) is 21.6. The van der Waals surface area contributed by atoms with E-state index in [0.717, 1.165) is 0 Å². The van der Waals surface area contributed by atoms with E-state index in [0.29, 0.717) is 32.5 Å². The number of halogens is 3. The van der Waals surface area contributed by atoms with Crippen LogP contribution < -0.4 is 5.73 Å². The molecule has 1 aliphatic heterocycles. The van der Waals surface area contributed by atoms with Crippen molar-refractivity contribution in [2.24, 2.45) is 16.8 Å². The summed E-state index contributed by atoms with van der Waals surface area (Å²) in [5.41, 5.74) is 5.12. The first kappa shape index (κ1) is 16.0. The Balaban J connectivity index is 2.53. The van der Waals surface area contributed by atoms with Crippen molar-refractivity contribution in [3.05, 3.63) is 0 Å². The number of ether oxygens (including phenoxy) is 1. The van der Waals surface area contributed by atoms with Crippen LogP contribution in [0.3, 0.4) is 0 Å². The standard InChI is InChI=1S/C11H20F3N3O2/c1-2-19-8-3-5-17(6-4-8)7-9(10(15)16-18)11(12,13)14/h8-9,18H,2-7H2,1H3,(H2,15,16). The molecule has 0 aliphatic carbocycles. The summed E-state index contributed by atoms with van der Waals surface area (Å²) in [5.74, 6) is -2.72. The first-order valence-corrected chi connectivity index (χ1v) is 6.26. The van der Waals surface area contributed by atoms with E-state index in [9.17, 15) is 13.2 Å². The maximum atomic E-state index is 12.8. The number of piperidine rings is 1. The van der Waals surface area contributed by atoms with Crippen LogP contribution >= 0.6 is 0 Å². The van der Waals surface area contributed by atoms with Crippen LogP contribution in [-0.4, -0.2) is 54.5 Å². The molecule has 1 aliphatic rings. The van der Waals surface area contributed by atoms with Crippen molar-refractivity contribution in [2.45, 2.75) is 32.0 Å². The van der Waals surface area contributed by atoms with Gasteiger partial charge >= 0.3 is 6.18 Å². The van der Waals surface area contributed by atoms with E-state index in [1.165, 1.54) is 0 Å². The summed E-state index contributed by atoms with van der Waals surface area (Å²) >= 11 is 0. The van der Waals surface area contributed by atoms with Crippen LogP contribution in [0.4, 0.5) is 13.2 Å². The molecule has 0 radical (unpaired) electrons. The first-order chi connectivity index (χ1) is 8.88. The van der Waals surface area contributed by atoms with Crippen LogP contribution in [0.25, 0.3) is 0 Å². The van der Waals surface area contributed by atoms with Gasteiger partial charge in [-0.05, 0) is 19.8 Å². The van der Waals surface area contributed by atoms with Gasteiger partial charge in [0, 0.05) is 26.2 Å². The van der Waals surface area contributed by atoms with Gasteiger partial charge in [-0.3, -0.25) is 0 Å². The molecule has 0 aromatic rings. The predicted octanol–water partition coefficient (Wildman–Crippen LogP) is 1.41. The fourth-order valence-electron chi connectivity index (χ4n) is 2.19. The number of nitrogens with two attached hydrogens (primary N) is 1. The molecule has 1 fully saturated rings. The molecule has 8 heteroatoms. The van der Waals surface area contributed by atoms with Crippen LogP contribution in [0.5, 0.6) is 0 Å². The van der Waals surface area contributed by atoms with Crippen molar-refractivity contribution in [1.82, 2.24) is 4.90 Å². The van der Waals surface area contributed by atoms with Gasteiger partial charge in [0.15, 0.2) is 5.84 Å². The summed E-state index contributed by atoms with van der Waals surface area (Å²) in [6, 6.07) is 0. The topological polar surface area (TPSA) is 71.1 Å². The van der Waals surface area contributed by atoms with Crippen molar-refractivity contribution in [2.75, 3.05) is 26.2 Å². The zero-order valence-electron chi connectivity index (χ0n) is 10.9. The lowest BCUT2D eigenvalue weighted by molar-refractivity contribution is -0.161. The van der Waals surface area contributed by atoms with Gasteiger partial charge in [-0.15, -0.1) is 0 Å². The number of nitrogens with zero attached hydrogens (tertiary/aromatic N) is 2. The third-order valence-electron chi connectivity index (χ3n) is 3.25. The van der Waals surface area contributed by atoms with Gasteiger partial charge in [-0.1, -0.05) is 5.16 Å². The average molecular weight is 283 g/mol. The van der Waals surface area contributed by atoms with Gasteiger partial charge in [0.25, 0.3) is 0 Å². The molecule has 19 heavy (non-hydrogen) atoms. The molecular formula is C11H20F3N3O2. The Hall–Kier alpha value is -1.02. The van der Waals surface area contributed by atoms with Crippen molar-refractivity contribution in [3.63, 3.8) is 0 Å². The summed E-state index contributed by atoms with van der Waals surface area (Å²) in [4.78, 5) is 1.67. The van der Waals surface area contributed by atoms with Crippen molar-refractivity contribution in [1.29, 1.82) is 0 Å². The molecule has 5 nitrogen and oxygen atoms in total. The van der Waals surface area contributed by atoms with Gasteiger partial charge in [0.2, 0.25) is 0 Å². The van der Waals surface area contributed by atoms with Gasteiger partial charge in [-0.2, -0.15) is 13.2 Å². The van der Waals surface area contributed by atoms with Gasteiger partial charge < -0.3 is 20.6 Å². The lowest BCUT2D eigenvalue weighted by atomic mass is 10.0. The third kappa shape index (κ3) is 4.87. The van der Waals surface area contributed by atoms with E-state index < -0.39 is 17.9 Å². The molecule has 1 atom stereocenters. The molecule has 1 heterocycles. The second-order valence-corrected chi connectivity index (χ2v) is 4.57. The number of alkyl halides is 3. The summed E-state index contributed by atoms with van der Waals surface area (Å²) < 4.78 is 43.8. The highest BCUT2D eigenvalue weighted by molar-refractivity contribution is 5.83. The first-order valence-electron chi connectivity index (χ1n) is 6.26. The van der Waals surface area contributed by atoms with Gasteiger partial charge in [-0.25, -0.2) is 0 Å². The Morgan fingerprint density at radius 1 is 1.47 bits per heavy atom. The summed E-state index contributed by atoms with van der Waals surface area (Å²) in [7, 11) is 0. The molecular weight excluding hydrogens is 263 g/mol. The van der Waals surface area contributed by atoms with Crippen LogP contribution in [0.2, 0.25) is 0 Å². The molecule has 0 spiro atoms. The monoisotopic (exact) mass is 283 g/mol. The number of likely N-dealkylation sites (tertiary alicyclic amines) is 1. The lowest BCUT2D eigenvalue weighted by Gasteiger charge is -2.34. The predicted molar refractivity (Wildman–Crippen MR) is 64.0 cm³/mol. The summed E-state index contributed by atoms with van der Waals surface area (Å²) in [5, 5.41) is 10.9. The van der Waals surface area contributed by atoms with Crippen LogP contribution in [0.1, 0.15) is 19.8 Å². The molecule has 112 valence electrons. The van der Waals surface area contributed by atoms with Crippen LogP contribution in [0, 0.1) is 5.92 Å². The Morgan fingerprint density at radius 2 is 2.05 bits per heavy atom. The van der Waals surface area contributed by atoms with Crippen LogP contribution in [-0.2, 0) is 4.74 Å². The van der Waals surface area contributed by atoms with Crippen molar-refractivity contribution in [3.8, 4) is 0 Å². The molecule has 0 amide bonds. The molecule has 0 aromatic heterocycles. The fraction of sp³-hybridized carbons (Fsp3) is 0.909. The van der Waals surface area contributed by atoms with E-state index in [1.807, 2.05) is 6.92 Å². The molecule has 3 N–H and O–H groups in total. The second kappa shape index (κ2) is 6.95. The zero-order chi connectivity index (χ0) is 14.5. The highest BCUT2D eigenvalue weighted by Crippen LogP contribution is 2.28. The second-order valence-electron chi connectivity index (χ2n) is 4.57.